The normalized spacial score (nSPS) is 20.6. The summed E-state index contributed by atoms with van der Waals surface area (Å²) in [5.41, 5.74) is 3.51. The Labute approximate surface area is 203 Å². The van der Waals surface area contributed by atoms with E-state index in [0.717, 1.165) is 62.3 Å². The predicted molar refractivity (Wildman–Crippen MR) is 132 cm³/mol. The van der Waals surface area contributed by atoms with Crippen LogP contribution >= 0.6 is 0 Å². The molecule has 184 valence electrons. The zero-order chi connectivity index (χ0) is 24.1. The van der Waals surface area contributed by atoms with Crippen LogP contribution in [0.4, 0.5) is 4.79 Å². The van der Waals surface area contributed by atoms with Gasteiger partial charge in [-0.15, -0.1) is 0 Å². The molecule has 2 aromatic rings. The van der Waals surface area contributed by atoms with Gasteiger partial charge in [0.15, 0.2) is 0 Å². The topological polar surface area (TPSA) is 59.8 Å². The molecule has 0 atom stereocenters. The minimum absolute atomic E-state index is 0.243. The molecule has 1 aromatic carbocycles. The van der Waals surface area contributed by atoms with Gasteiger partial charge in [0, 0.05) is 56.3 Å². The van der Waals surface area contributed by atoms with Crippen molar-refractivity contribution in [2.45, 2.75) is 77.5 Å². The third-order valence-corrected chi connectivity index (χ3v) is 7.52. The minimum atomic E-state index is -0.494. The van der Waals surface area contributed by atoms with Crippen LogP contribution in [0.25, 0.3) is 11.3 Å². The van der Waals surface area contributed by atoms with Gasteiger partial charge in [-0.3, -0.25) is 4.68 Å². The number of carbonyl (C=O) groups excluding carboxylic acids is 1. The summed E-state index contributed by atoms with van der Waals surface area (Å²) in [6.45, 7) is 14.6. The average molecular weight is 467 g/mol. The van der Waals surface area contributed by atoms with Crippen LogP contribution < -0.4 is 4.74 Å². The van der Waals surface area contributed by atoms with Gasteiger partial charge in [0.2, 0.25) is 0 Å². The molecule has 1 aromatic heterocycles. The summed E-state index contributed by atoms with van der Waals surface area (Å²) < 4.78 is 14.6. The summed E-state index contributed by atoms with van der Waals surface area (Å²) in [4.78, 5) is 17.0. The van der Waals surface area contributed by atoms with E-state index in [9.17, 15) is 4.79 Å². The lowest BCUT2D eigenvalue weighted by Crippen LogP contribution is -2.50. The van der Waals surface area contributed by atoms with Gasteiger partial charge in [-0.05, 0) is 64.8 Å². The Morgan fingerprint density at radius 3 is 2.53 bits per heavy atom. The number of aryl methyl sites for hydroxylation is 1. The number of amides is 1. The molecule has 2 fully saturated rings. The van der Waals surface area contributed by atoms with Crippen molar-refractivity contribution in [3.63, 3.8) is 0 Å². The molecular formula is C27H38N4O3. The highest BCUT2D eigenvalue weighted by Crippen LogP contribution is 2.50. The Morgan fingerprint density at radius 1 is 1.18 bits per heavy atom. The molecule has 0 aliphatic carbocycles. The molecule has 0 N–H and O–H groups in total. The fraction of sp³-hybridized carbons (Fsp3) is 0.630. The number of likely N-dealkylation sites (tertiary alicyclic amines) is 2. The highest BCUT2D eigenvalue weighted by molar-refractivity contribution is 5.74. The van der Waals surface area contributed by atoms with E-state index in [2.05, 4.69) is 47.8 Å². The van der Waals surface area contributed by atoms with Crippen LogP contribution in [0.3, 0.4) is 0 Å². The lowest BCUT2D eigenvalue weighted by Gasteiger charge is -2.44. The third-order valence-electron chi connectivity index (χ3n) is 7.52. The maximum Gasteiger partial charge on any atom is 0.410 e. The summed E-state index contributed by atoms with van der Waals surface area (Å²) in [7, 11) is 0. The molecule has 5 rings (SSSR count). The number of rotatable bonds is 2. The van der Waals surface area contributed by atoms with Gasteiger partial charge >= 0.3 is 6.09 Å². The molecule has 1 amide bonds. The van der Waals surface area contributed by atoms with Crippen LogP contribution in [-0.2, 0) is 10.3 Å². The van der Waals surface area contributed by atoms with Crippen molar-refractivity contribution in [1.82, 2.24) is 19.6 Å². The van der Waals surface area contributed by atoms with Crippen LogP contribution in [-0.4, -0.2) is 64.0 Å². The van der Waals surface area contributed by atoms with Gasteiger partial charge < -0.3 is 19.3 Å². The summed E-state index contributed by atoms with van der Waals surface area (Å²) in [5, 5.41) is 5.16. The first kappa shape index (κ1) is 23.2. The third kappa shape index (κ3) is 4.30. The Balaban J connectivity index is 1.44. The maximum atomic E-state index is 12.7. The van der Waals surface area contributed by atoms with Gasteiger partial charge in [0.25, 0.3) is 0 Å². The number of aromatic nitrogens is 2. The Bertz CT molecular complexity index is 1050. The molecule has 7 nitrogen and oxygen atoms in total. The number of benzene rings is 1. The number of hydrogen-bond acceptors (Lipinski definition) is 5. The lowest BCUT2D eigenvalue weighted by atomic mass is 9.81. The maximum absolute atomic E-state index is 12.7. The fourth-order valence-corrected chi connectivity index (χ4v) is 5.53. The number of ether oxygens (including phenoxy) is 2. The molecule has 3 aliphatic heterocycles. The van der Waals surface area contributed by atoms with Gasteiger partial charge in [0.1, 0.15) is 22.6 Å². The molecule has 3 aliphatic rings. The molecule has 2 saturated heterocycles. The highest BCUT2D eigenvalue weighted by atomic mass is 16.6. The van der Waals surface area contributed by atoms with Crippen LogP contribution in [0, 0.1) is 6.92 Å². The molecular weight excluding hydrogens is 428 g/mol. The number of hydrogen-bond donors (Lipinski definition) is 0. The van der Waals surface area contributed by atoms with E-state index in [1.807, 2.05) is 25.7 Å². The number of nitrogens with zero attached hydrogens (tertiary/aromatic N) is 4. The summed E-state index contributed by atoms with van der Waals surface area (Å²) in [6, 6.07) is 6.82. The van der Waals surface area contributed by atoms with E-state index in [-0.39, 0.29) is 6.09 Å². The summed E-state index contributed by atoms with van der Waals surface area (Å²) >= 11 is 0. The first-order valence-corrected chi connectivity index (χ1v) is 12.8. The molecule has 0 unspecified atom stereocenters. The zero-order valence-electron chi connectivity index (χ0n) is 21.3. The quantitative estimate of drug-likeness (QED) is 0.614. The fourth-order valence-electron chi connectivity index (χ4n) is 5.53. The van der Waals surface area contributed by atoms with E-state index in [4.69, 9.17) is 14.6 Å². The van der Waals surface area contributed by atoms with Crippen molar-refractivity contribution in [3.05, 3.63) is 35.5 Å². The van der Waals surface area contributed by atoms with Crippen LogP contribution in [0.2, 0.25) is 0 Å². The summed E-state index contributed by atoms with van der Waals surface area (Å²) in [6.07, 6.45) is 5.70. The monoisotopic (exact) mass is 466 g/mol. The lowest BCUT2D eigenvalue weighted by molar-refractivity contribution is -0.0217. The van der Waals surface area contributed by atoms with Crippen LogP contribution in [0.5, 0.6) is 5.75 Å². The predicted octanol–water partition coefficient (Wildman–Crippen LogP) is 5.13. The SMILES string of the molecule is CCN1CCC(n2cc3c(n2)-c2ccc(C)cc2OC32CCN(C(=O)OC(C)(C)C)CC2)CC1. The second kappa shape index (κ2) is 8.59. The van der Waals surface area contributed by atoms with Gasteiger partial charge in [-0.2, -0.15) is 5.10 Å². The largest absolute Gasteiger partial charge is 0.482 e. The number of fused-ring (bicyclic) bond motifs is 4. The first-order chi connectivity index (χ1) is 16.2. The van der Waals surface area contributed by atoms with Crippen molar-refractivity contribution in [1.29, 1.82) is 0 Å². The molecule has 7 heteroatoms. The van der Waals surface area contributed by atoms with Gasteiger partial charge in [-0.1, -0.05) is 13.0 Å². The highest BCUT2D eigenvalue weighted by Gasteiger charge is 2.46. The van der Waals surface area contributed by atoms with E-state index >= 15 is 0 Å². The number of carbonyl (C=O) groups is 1. The van der Waals surface area contributed by atoms with Crippen molar-refractivity contribution in [3.8, 4) is 17.0 Å². The van der Waals surface area contributed by atoms with Crippen molar-refractivity contribution < 1.29 is 14.3 Å². The Hall–Kier alpha value is -2.54. The molecule has 0 bridgehead atoms. The average Bonchev–Trinajstić information content (AvgIpc) is 3.25. The molecule has 0 radical (unpaired) electrons. The van der Waals surface area contributed by atoms with Crippen LogP contribution in [0.15, 0.2) is 24.4 Å². The van der Waals surface area contributed by atoms with Gasteiger partial charge in [0.05, 0.1) is 6.04 Å². The van der Waals surface area contributed by atoms with Crippen molar-refractivity contribution in [2.24, 2.45) is 0 Å². The molecule has 1 spiro atoms. The second-order valence-corrected chi connectivity index (χ2v) is 11.1. The first-order valence-electron chi connectivity index (χ1n) is 12.8. The molecule has 0 saturated carbocycles. The van der Waals surface area contributed by atoms with E-state index in [0.29, 0.717) is 19.1 Å². The molecule has 34 heavy (non-hydrogen) atoms. The molecule has 4 heterocycles. The van der Waals surface area contributed by atoms with E-state index in [1.54, 1.807) is 0 Å². The smallest absolute Gasteiger partial charge is 0.410 e. The van der Waals surface area contributed by atoms with Gasteiger partial charge in [-0.25, -0.2) is 4.79 Å². The van der Waals surface area contributed by atoms with Crippen molar-refractivity contribution >= 4 is 6.09 Å². The van der Waals surface area contributed by atoms with Crippen LogP contribution in [0.1, 0.15) is 70.5 Å². The summed E-state index contributed by atoms with van der Waals surface area (Å²) in [5.74, 6) is 0.907. The zero-order valence-corrected chi connectivity index (χ0v) is 21.3. The Kier molecular flexibility index (Phi) is 5.87. The van der Waals surface area contributed by atoms with E-state index < -0.39 is 11.2 Å². The second-order valence-electron chi connectivity index (χ2n) is 11.1. The van der Waals surface area contributed by atoms with E-state index in [1.165, 1.54) is 11.1 Å². The standard InChI is InChI=1S/C27H38N4O3/c1-6-29-13-9-20(10-14-29)31-18-22-24(28-31)21-8-7-19(2)17-23(21)33-27(22)11-15-30(16-12-27)25(32)34-26(3,4)5/h7-8,17-18,20H,6,9-16H2,1-5H3. The number of piperidine rings is 2. The van der Waals surface area contributed by atoms with Crippen molar-refractivity contribution in [2.75, 3.05) is 32.7 Å². The Morgan fingerprint density at radius 2 is 1.88 bits per heavy atom. The minimum Gasteiger partial charge on any atom is -0.482 e.